The summed E-state index contributed by atoms with van der Waals surface area (Å²) in [7, 11) is 0. The van der Waals surface area contributed by atoms with Crippen LogP contribution in [0.5, 0.6) is 0 Å². The second kappa shape index (κ2) is 8.39. The van der Waals surface area contributed by atoms with Crippen LogP contribution < -0.4 is 0 Å². The highest BCUT2D eigenvalue weighted by Crippen LogP contribution is 2.25. The molecule has 1 aromatic heterocycles. The molecule has 4 rings (SSSR count). The van der Waals surface area contributed by atoms with Crippen molar-refractivity contribution in [1.82, 2.24) is 14.8 Å². The highest BCUT2D eigenvalue weighted by molar-refractivity contribution is 6.15. The number of rotatable bonds is 1. The Bertz CT molecular complexity index is 1030. The highest BCUT2D eigenvalue weighted by atomic mass is 16.6. The molecule has 0 spiro atoms. The van der Waals surface area contributed by atoms with E-state index in [4.69, 9.17) is 9.73 Å². The number of aliphatic imine (C=N–C) groups is 1. The highest BCUT2D eigenvalue weighted by Gasteiger charge is 2.20. The van der Waals surface area contributed by atoms with Gasteiger partial charge in [0.05, 0.1) is 11.4 Å². The number of benzene rings is 2. The summed E-state index contributed by atoms with van der Waals surface area (Å²) >= 11 is 0. The molecule has 0 aliphatic carbocycles. The van der Waals surface area contributed by atoms with Crippen LogP contribution in [-0.4, -0.2) is 32.0 Å². The van der Waals surface area contributed by atoms with Crippen LogP contribution in [0.25, 0.3) is 5.69 Å². The number of fused-ring (bicyclic) bond motifs is 3. The minimum absolute atomic E-state index is 0.225. The van der Waals surface area contributed by atoms with Gasteiger partial charge < -0.3 is 4.74 Å². The van der Waals surface area contributed by atoms with Gasteiger partial charge >= 0.3 is 5.97 Å². The molecule has 0 saturated heterocycles. The summed E-state index contributed by atoms with van der Waals surface area (Å²) in [4.78, 5) is 15.0. The van der Waals surface area contributed by atoms with Gasteiger partial charge in [0.15, 0.2) is 5.82 Å². The van der Waals surface area contributed by atoms with Crippen molar-refractivity contribution in [3.8, 4) is 5.69 Å². The van der Waals surface area contributed by atoms with E-state index >= 15 is 0 Å². The number of hydrogen-bond donors (Lipinski definition) is 0. The molecule has 6 heteroatoms. The predicted molar refractivity (Wildman–Crippen MR) is 113 cm³/mol. The van der Waals surface area contributed by atoms with Gasteiger partial charge in [0.2, 0.25) is 0 Å². The number of nitrogens with zero attached hydrogens (tertiary/aromatic N) is 4. The molecule has 0 radical (unpaired) electrons. The molecule has 3 aromatic rings. The first kappa shape index (κ1) is 20.5. The molecular weight excluding hydrogens is 364 g/mol. The first-order valence-corrected chi connectivity index (χ1v) is 9.56. The van der Waals surface area contributed by atoms with E-state index in [9.17, 15) is 4.79 Å². The van der Waals surface area contributed by atoms with Gasteiger partial charge in [0.25, 0.3) is 0 Å². The van der Waals surface area contributed by atoms with E-state index in [1.54, 1.807) is 0 Å². The lowest BCUT2D eigenvalue weighted by atomic mass is 10.0. The van der Waals surface area contributed by atoms with Crippen LogP contribution >= 0.6 is 0 Å². The maximum Gasteiger partial charge on any atom is 0.303 e. The molecular formula is C23H26N4O2. The SMILES string of the molecule is CC(=O)OC(C)(C)C.Cc1nnc2n1-c1ccccc1C(c1ccccc1)=NC2. The van der Waals surface area contributed by atoms with Crippen LogP contribution in [0.3, 0.4) is 0 Å². The van der Waals surface area contributed by atoms with E-state index < -0.39 is 0 Å². The van der Waals surface area contributed by atoms with Gasteiger partial charge in [-0.2, -0.15) is 0 Å². The van der Waals surface area contributed by atoms with Crippen molar-refractivity contribution < 1.29 is 9.53 Å². The average molecular weight is 390 g/mol. The third-order valence-corrected chi connectivity index (χ3v) is 4.17. The first-order chi connectivity index (χ1) is 13.8. The fourth-order valence-electron chi connectivity index (χ4n) is 3.20. The second-order valence-electron chi connectivity index (χ2n) is 7.75. The molecule has 150 valence electrons. The molecule has 29 heavy (non-hydrogen) atoms. The summed E-state index contributed by atoms with van der Waals surface area (Å²) < 4.78 is 6.89. The number of hydrogen-bond acceptors (Lipinski definition) is 5. The number of aromatic nitrogens is 3. The molecule has 0 fully saturated rings. The van der Waals surface area contributed by atoms with Crippen LogP contribution in [0.15, 0.2) is 59.6 Å². The fraction of sp³-hybridized carbons (Fsp3) is 0.304. The summed E-state index contributed by atoms with van der Waals surface area (Å²) in [5, 5.41) is 8.43. The fourth-order valence-corrected chi connectivity index (χ4v) is 3.20. The molecule has 0 N–H and O–H groups in total. The van der Waals surface area contributed by atoms with Gasteiger partial charge in [-0.05, 0) is 33.8 Å². The van der Waals surface area contributed by atoms with Gasteiger partial charge in [-0.25, -0.2) is 0 Å². The van der Waals surface area contributed by atoms with E-state index in [0.717, 1.165) is 34.2 Å². The van der Waals surface area contributed by atoms with E-state index in [-0.39, 0.29) is 11.6 Å². The van der Waals surface area contributed by atoms with Crippen molar-refractivity contribution in [2.24, 2.45) is 4.99 Å². The summed E-state index contributed by atoms with van der Waals surface area (Å²) in [6.07, 6.45) is 0. The quantitative estimate of drug-likeness (QED) is 0.582. The van der Waals surface area contributed by atoms with Crippen molar-refractivity contribution in [3.63, 3.8) is 0 Å². The van der Waals surface area contributed by atoms with Crippen LogP contribution in [0, 0.1) is 6.92 Å². The Kier molecular flexibility index (Phi) is 5.92. The Morgan fingerprint density at radius 3 is 2.28 bits per heavy atom. The number of carbonyl (C=O) groups excluding carboxylic acids is 1. The number of para-hydroxylation sites is 1. The van der Waals surface area contributed by atoms with Crippen molar-refractivity contribution in [2.75, 3.05) is 0 Å². The van der Waals surface area contributed by atoms with Crippen molar-refractivity contribution in [3.05, 3.63) is 77.4 Å². The molecule has 0 saturated carbocycles. The lowest BCUT2D eigenvalue weighted by Crippen LogP contribution is -2.21. The molecule has 2 heterocycles. The van der Waals surface area contributed by atoms with E-state index in [1.807, 2.05) is 58.0 Å². The van der Waals surface area contributed by atoms with Gasteiger partial charge in [0.1, 0.15) is 18.0 Å². The maximum absolute atomic E-state index is 10.2. The van der Waals surface area contributed by atoms with Crippen molar-refractivity contribution >= 4 is 11.7 Å². The van der Waals surface area contributed by atoms with Crippen molar-refractivity contribution in [1.29, 1.82) is 0 Å². The molecule has 0 atom stereocenters. The minimum atomic E-state index is -0.328. The van der Waals surface area contributed by atoms with Crippen molar-refractivity contribution in [2.45, 2.75) is 46.8 Å². The van der Waals surface area contributed by atoms with Gasteiger partial charge in [-0.3, -0.25) is 14.4 Å². The van der Waals surface area contributed by atoms with Crippen LogP contribution in [0.4, 0.5) is 0 Å². The molecule has 1 aliphatic rings. The second-order valence-corrected chi connectivity index (χ2v) is 7.75. The molecule has 0 bridgehead atoms. The lowest BCUT2D eigenvalue weighted by Gasteiger charge is -2.17. The van der Waals surface area contributed by atoms with E-state index in [1.165, 1.54) is 6.92 Å². The number of carbonyl (C=O) groups is 1. The Balaban J connectivity index is 0.000000258. The number of ether oxygens (including phenoxy) is 1. The van der Waals surface area contributed by atoms with Gasteiger partial charge in [-0.1, -0.05) is 48.5 Å². The monoisotopic (exact) mass is 390 g/mol. The third kappa shape index (κ3) is 4.96. The average Bonchev–Trinajstić information content (AvgIpc) is 2.93. The zero-order valence-corrected chi connectivity index (χ0v) is 17.5. The number of esters is 1. The Morgan fingerprint density at radius 2 is 1.66 bits per heavy atom. The molecule has 1 aliphatic heterocycles. The first-order valence-electron chi connectivity index (χ1n) is 9.56. The molecule has 0 amide bonds. The summed E-state index contributed by atoms with van der Waals surface area (Å²) in [5.74, 6) is 1.55. The van der Waals surface area contributed by atoms with E-state index in [0.29, 0.717) is 6.54 Å². The summed E-state index contributed by atoms with van der Waals surface area (Å²) in [5.41, 5.74) is 4.02. The lowest BCUT2D eigenvalue weighted by molar-refractivity contribution is -0.151. The Labute approximate surface area is 171 Å². The van der Waals surface area contributed by atoms with Crippen LogP contribution in [0.1, 0.15) is 50.5 Å². The Hall–Kier alpha value is -3.28. The smallest absolute Gasteiger partial charge is 0.303 e. The molecule has 0 unspecified atom stereocenters. The maximum atomic E-state index is 10.2. The summed E-state index contributed by atoms with van der Waals surface area (Å²) in [6.45, 7) is 9.45. The Morgan fingerprint density at radius 1 is 1.00 bits per heavy atom. The van der Waals surface area contributed by atoms with E-state index in [2.05, 4.69) is 39.0 Å². The molecule has 2 aromatic carbocycles. The minimum Gasteiger partial charge on any atom is -0.460 e. The van der Waals surface area contributed by atoms with Gasteiger partial charge in [0, 0.05) is 18.1 Å². The standard InChI is InChI=1S/C17H14N4.C6H12O2/c1-12-19-20-16-11-18-17(13-7-3-2-4-8-13)14-9-5-6-10-15(14)21(12)16;1-5(7)8-6(2,3)4/h2-10H,11H2,1H3;1-4H3. The number of aryl methyl sites for hydroxylation is 1. The van der Waals surface area contributed by atoms with Crippen LogP contribution in [0.2, 0.25) is 0 Å². The zero-order valence-electron chi connectivity index (χ0n) is 17.5. The normalized spacial score (nSPS) is 12.5. The topological polar surface area (TPSA) is 69.4 Å². The van der Waals surface area contributed by atoms with Crippen LogP contribution in [-0.2, 0) is 16.1 Å². The zero-order chi connectivity index (χ0) is 21.0. The summed E-state index contributed by atoms with van der Waals surface area (Å²) in [6, 6.07) is 18.6. The largest absolute Gasteiger partial charge is 0.460 e. The predicted octanol–water partition coefficient (Wildman–Crippen LogP) is 4.27. The third-order valence-electron chi connectivity index (χ3n) is 4.17. The molecule has 6 nitrogen and oxygen atoms in total. The van der Waals surface area contributed by atoms with Gasteiger partial charge in [-0.15, -0.1) is 10.2 Å².